The summed E-state index contributed by atoms with van der Waals surface area (Å²) in [5.41, 5.74) is 0. The zero-order valence-electron chi connectivity index (χ0n) is 7.18. The first kappa shape index (κ1) is 12.5. The average Bonchev–Trinajstić information content (AvgIpc) is 1.98. The van der Waals surface area contributed by atoms with Crippen LogP contribution in [0.2, 0.25) is 0 Å². The summed E-state index contributed by atoms with van der Waals surface area (Å²) >= 11 is 0. The van der Waals surface area contributed by atoms with Crippen LogP contribution < -0.4 is 10.6 Å². The Labute approximate surface area is 77.3 Å². The molecule has 0 aliphatic heterocycles. The zero-order chi connectivity index (χ0) is 11.4. The summed E-state index contributed by atoms with van der Waals surface area (Å²) in [6.45, 7) is 0. The maximum atomic E-state index is 11.8. The quantitative estimate of drug-likeness (QED) is 0.633. The van der Waals surface area contributed by atoms with E-state index in [2.05, 4.69) is 0 Å². The number of alkyl halides is 3. The molecule has 1 atom stereocenters. The van der Waals surface area contributed by atoms with Crippen LogP contribution >= 0.6 is 0 Å². The van der Waals surface area contributed by atoms with Gasteiger partial charge in [-0.1, -0.05) is 0 Å². The van der Waals surface area contributed by atoms with Gasteiger partial charge in [0.2, 0.25) is 5.91 Å². The fourth-order valence-corrected chi connectivity index (χ4v) is 0.764. The van der Waals surface area contributed by atoms with Crippen LogP contribution in [0.5, 0.6) is 0 Å². The molecular weight excluding hydrogens is 205 g/mol. The Morgan fingerprint density at radius 3 is 2.21 bits per heavy atom. The minimum atomic E-state index is -4.60. The van der Waals surface area contributed by atoms with Crippen molar-refractivity contribution in [3.05, 3.63) is 0 Å². The van der Waals surface area contributed by atoms with Gasteiger partial charge in [-0.2, -0.15) is 13.2 Å². The van der Waals surface area contributed by atoms with Crippen molar-refractivity contribution in [3.8, 4) is 0 Å². The lowest BCUT2D eigenvalue weighted by molar-refractivity contribution is -0.148. The lowest BCUT2D eigenvalue weighted by atomic mass is 10.2. The highest BCUT2D eigenvalue weighted by atomic mass is 19.4. The van der Waals surface area contributed by atoms with Gasteiger partial charge in [0.05, 0.1) is 6.42 Å². The van der Waals surface area contributed by atoms with Crippen LogP contribution in [0, 0.1) is 0 Å². The maximum absolute atomic E-state index is 11.8. The van der Waals surface area contributed by atoms with Gasteiger partial charge in [-0.05, 0) is 0 Å². The third kappa shape index (κ3) is 5.22. The first-order valence-electron chi connectivity index (χ1n) is 3.54. The van der Waals surface area contributed by atoms with Crippen LogP contribution in [0.15, 0.2) is 0 Å². The SMILES string of the molecule is CNC(=O)C(CC(F)(F)F)NC(=O)O. The molecule has 2 amide bonds. The van der Waals surface area contributed by atoms with Crippen LogP contribution in [0.4, 0.5) is 18.0 Å². The Kier molecular flexibility index (Phi) is 4.19. The van der Waals surface area contributed by atoms with E-state index < -0.39 is 30.6 Å². The molecule has 5 nitrogen and oxygen atoms in total. The van der Waals surface area contributed by atoms with Crippen molar-refractivity contribution in [1.82, 2.24) is 10.6 Å². The first-order valence-corrected chi connectivity index (χ1v) is 3.54. The maximum Gasteiger partial charge on any atom is 0.405 e. The number of hydrogen-bond donors (Lipinski definition) is 3. The monoisotopic (exact) mass is 214 g/mol. The van der Waals surface area contributed by atoms with E-state index in [0.717, 1.165) is 7.05 Å². The van der Waals surface area contributed by atoms with Gasteiger partial charge in [-0.3, -0.25) is 4.79 Å². The van der Waals surface area contributed by atoms with Crippen molar-refractivity contribution in [3.63, 3.8) is 0 Å². The number of hydrogen-bond acceptors (Lipinski definition) is 2. The molecule has 0 heterocycles. The third-order valence-electron chi connectivity index (χ3n) is 1.30. The van der Waals surface area contributed by atoms with Crippen molar-refractivity contribution in [2.45, 2.75) is 18.6 Å². The molecule has 3 N–H and O–H groups in total. The Balaban J connectivity index is 4.40. The molecule has 14 heavy (non-hydrogen) atoms. The second-order valence-corrected chi connectivity index (χ2v) is 2.44. The van der Waals surface area contributed by atoms with Gasteiger partial charge in [-0.25, -0.2) is 4.79 Å². The lowest BCUT2D eigenvalue weighted by Gasteiger charge is -2.16. The van der Waals surface area contributed by atoms with Crippen molar-refractivity contribution in [1.29, 1.82) is 0 Å². The van der Waals surface area contributed by atoms with E-state index in [1.54, 1.807) is 0 Å². The first-order chi connectivity index (χ1) is 6.26. The second kappa shape index (κ2) is 4.68. The summed E-state index contributed by atoms with van der Waals surface area (Å²) in [6, 6.07) is -1.81. The summed E-state index contributed by atoms with van der Waals surface area (Å²) in [5, 5.41) is 11.6. The molecule has 0 saturated carbocycles. The summed E-state index contributed by atoms with van der Waals surface area (Å²) < 4.78 is 35.5. The molecular formula is C6H9F3N2O3. The van der Waals surface area contributed by atoms with Gasteiger partial charge in [0.25, 0.3) is 0 Å². The normalized spacial score (nSPS) is 13.1. The van der Waals surface area contributed by atoms with Crippen molar-refractivity contribution in [2.75, 3.05) is 7.05 Å². The molecule has 0 spiro atoms. The van der Waals surface area contributed by atoms with Gasteiger partial charge in [0.15, 0.2) is 0 Å². The highest BCUT2D eigenvalue weighted by Crippen LogP contribution is 2.21. The summed E-state index contributed by atoms with van der Waals surface area (Å²) in [4.78, 5) is 20.8. The zero-order valence-corrected chi connectivity index (χ0v) is 7.18. The average molecular weight is 214 g/mol. The van der Waals surface area contributed by atoms with Gasteiger partial charge < -0.3 is 15.7 Å². The van der Waals surface area contributed by atoms with Gasteiger partial charge in [-0.15, -0.1) is 0 Å². The number of halogens is 3. The molecule has 0 aliphatic rings. The number of nitrogens with one attached hydrogen (secondary N) is 2. The van der Waals surface area contributed by atoms with Crippen LogP contribution in [0.3, 0.4) is 0 Å². The van der Waals surface area contributed by atoms with E-state index in [1.807, 2.05) is 5.32 Å². The predicted octanol–water partition coefficient (Wildman–Crippen LogP) is 0.321. The summed E-state index contributed by atoms with van der Waals surface area (Å²) in [5.74, 6) is -1.02. The highest BCUT2D eigenvalue weighted by Gasteiger charge is 2.35. The van der Waals surface area contributed by atoms with E-state index in [4.69, 9.17) is 5.11 Å². The predicted molar refractivity (Wildman–Crippen MR) is 39.7 cm³/mol. The minimum Gasteiger partial charge on any atom is -0.465 e. The molecule has 0 aromatic heterocycles. The van der Waals surface area contributed by atoms with E-state index >= 15 is 0 Å². The van der Waals surface area contributed by atoms with E-state index in [0.29, 0.717) is 0 Å². The molecule has 1 unspecified atom stereocenters. The van der Waals surface area contributed by atoms with Crippen molar-refractivity contribution >= 4 is 12.0 Å². The largest absolute Gasteiger partial charge is 0.465 e. The second-order valence-electron chi connectivity index (χ2n) is 2.44. The number of rotatable bonds is 3. The lowest BCUT2D eigenvalue weighted by Crippen LogP contribution is -2.47. The van der Waals surface area contributed by atoms with E-state index in [1.165, 1.54) is 5.32 Å². The van der Waals surface area contributed by atoms with Crippen LogP contribution in [0.25, 0.3) is 0 Å². The topological polar surface area (TPSA) is 78.4 Å². The number of carbonyl (C=O) groups is 2. The minimum absolute atomic E-state index is 1.02. The van der Waals surface area contributed by atoms with E-state index in [9.17, 15) is 22.8 Å². The molecule has 82 valence electrons. The van der Waals surface area contributed by atoms with Gasteiger partial charge in [0.1, 0.15) is 6.04 Å². The van der Waals surface area contributed by atoms with Crippen LogP contribution in [-0.4, -0.2) is 36.4 Å². The molecule has 0 saturated heterocycles. The summed E-state index contributed by atoms with van der Waals surface area (Å²) in [6.07, 6.45) is -7.80. The molecule has 0 aromatic rings. The molecule has 0 radical (unpaired) electrons. The molecule has 0 aromatic carbocycles. The van der Waals surface area contributed by atoms with Crippen LogP contribution in [0.1, 0.15) is 6.42 Å². The molecule has 0 rings (SSSR count). The Morgan fingerprint density at radius 1 is 1.43 bits per heavy atom. The molecule has 0 fully saturated rings. The number of likely N-dealkylation sites (N-methyl/N-ethyl adjacent to an activating group) is 1. The molecule has 0 aliphatic carbocycles. The Bertz CT molecular complexity index is 229. The Morgan fingerprint density at radius 2 is 1.93 bits per heavy atom. The third-order valence-corrected chi connectivity index (χ3v) is 1.30. The highest BCUT2D eigenvalue weighted by molar-refractivity contribution is 5.84. The smallest absolute Gasteiger partial charge is 0.405 e. The van der Waals surface area contributed by atoms with Crippen molar-refractivity contribution in [2.24, 2.45) is 0 Å². The van der Waals surface area contributed by atoms with Crippen molar-refractivity contribution < 1.29 is 27.9 Å². The fraction of sp³-hybridized carbons (Fsp3) is 0.667. The van der Waals surface area contributed by atoms with Crippen LogP contribution in [-0.2, 0) is 4.79 Å². The van der Waals surface area contributed by atoms with E-state index in [-0.39, 0.29) is 0 Å². The molecule has 8 heteroatoms. The standard InChI is InChI=1S/C6H9F3N2O3/c1-10-4(12)3(11-5(13)14)2-6(7,8)9/h3,11H,2H2,1H3,(H,10,12)(H,13,14). The summed E-state index contributed by atoms with van der Waals surface area (Å²) in [7, 11) is 1.12. The number of amides is 2. The fourth-order valence-electron chi connectivity index (χ4n) is 0.764. The van der Waals surface area contributed by atoms with Gasteiger partial charge in [0, 0.05) is 7.05 Å². The Hall–Kier alpha value is -1.47. The number of carbonyl (C=O) groups excluding carboxylic acids is 1. The molecule has 0 bridgehead atoms. The van der Waals surface area contributed by atoms with Gasteiger partial charge >= 0.3 is 12.3 Å². The number of carboxylic acid groups (broad SMARTS) is 1.